The fourth-order valence-electron chi connectivity index (χ4n) is 0.619. The number of aromatic hydroxyl groups is 1. The monoisotopic (exact) mass is 349 g/mol. The van der Waals surface area contributed by atoms with Gasteiger partial charge in [0.25, 0.3) is 0 Å². The first-order valence-corrected chi connectivity index (χ1v) is 2.64. The molecule has 1 rings (SSSR count). The topological polar surface area (TPSA) is 63.4 Å². The first kappa shape index (κ1) is 10.3. The van der Waals surface area contributed by atoms with Crippen LogP contribution in [0, 0.1) is 10.1 Å². The predicted octanol–water partition coefficient (Wildman–Crippen LogP) is 0.384. The molecule has 2 radical (unpaired) electrons. The molecule has 0 spiro atoms. The molecule has 58 valence electrons. The molecular weight excluding hydrogens is 341 g/mol. The molecule has 11 heavy (non-hydrogen) atoms. The molecule has 0 aliphatic carbocycles. The van der Waals surface area contributed by atoms with Crippen molar-refractivity contribution in [2.75, 3.05) is 0 Å². The molecule has 1 N–H and O–H groups in total. The Morgan fingerprint density at radius 3 is 2.27 bits per heavy atom. The van der Waals surface area contributed by atoms with Gasteiger partial charge in [-0.3, -0.25) is 10.1 Å². The third-order valence-electron chi connectivity index (χ3n) is 1.08. The van der Waals surface area contributed by atoms with Crippen LogP contribution in [0.5, 0.6) is 5.75 Å². The van der Waals surface area contributed by atoms with Gasteiger partial charge in [0.15, 0.2) is 5.75 Å². The van der Waals surface area contributed by atoms with E-state index in [1.807, 2.05) is 0 Å². The van der Waals surface area contributed by atoms with Gasteiger partial charge in [0.2, 0.25) is 0 Å². The summed E-state index contributed by atoms with van der Waals surface area (Å²) in [6.45, 7) is 0. The third-order valence-corrected chi connectivity index (χ3v) is 1.08. The predicted molar refractivity (Wildman–Crippen MR) is 43.3 cm³/mol. The molecule has 1 aromatic rings. The van der Waals surface area contributed by atoms with E-state index in [9.17, 15) is 10.1 Å². The summed E-state index contributed by atoms with van der Waals surface area (Å²) in [5, 5.41) is 18.9. The SMILES string of the molecule is O=[N+]([O-])c1ccccc1O.[PbH2]. The standard InChI is InChI=1S/C6H5NO3.Pb.2H/c8-6-4-2-1-3-5(6)7(9)10;;;/h1-4,8H;;;. The molecule has 0 aromatic heterocycles. The van der Waals surface area contributed by atoms with E-state index in [0.717, 1.165) is 0 Å². The molecule has 0 amide bonds. The number of rotatable bonds is 1. The number of phenols is 1. The Bertz CT molecular complexity index is 264. The summed E-state index contributed by atoms with van der Waals surface area (Å²) >= 11 is 0. The number of phenolic OH excluding ortho intramolecular Hbond substituents is 1. The minimum absolute atomic E-state index is 0. The number of nitrogens with zero attached hydrogens (tertiary/aromatic N) is 1. The summed E-state index contributed by atoms with van der Waals surface area (Å²) in [7, 11) is 0. The molecule has 0 heterocycles. The average molecular weight is 348 g/mol. The third kappa shape index (κ3) is 2.45. The molecule has 0 saturated carbocycles. The van der Waals surface area contributed by atoms with Crippen molar-refractivity contribution in [3.8, 4) is 5.75 Å². The summed E-state index contributed by atoms with van der Waals surface area (Å²) in [5.41, 5.74) is -0.262. The molecule has 0 bridgehead atoms. The summed E-state index contributed by atoms with van der Waals surface area (Å²) in [6, 6.07) is 5.55. The number of hydrogen-bond acceptors (Lipinski definition) is 3. The molecule has 0 aliphatic rings. The Morgan fingerprint density at radius 2 is 1.91 bits per heavy atom. The van der Waals surface area contributed by atoms with Crippen LogP contribution in [0.2, 0.25) is 0 Å². The van der Waals surface area contributed by atoms with Gasteiger partial charge >= 0.3 is 33.0 Å². The van der Waals surface area contributed by atoms with E-state index in [4.69, 9.17) is 5.11 Å². The molecule has 0 saturated heterocycles. The van der Waals surface area contributed by atoms with Crippen LogP contribution in [0.15, 0.2) is 24.3 Å². The summed E-state index contributed by atoms with van der Waals surface area (Å²) in [5.74, 6) is -0.299. The van der Waals surface area contributed by atoms with Gasteiger partial charge < -0.3 is 5.11 Å². The molecule has 0 atom stereocenters. The molecule has 1 aromatic carbocycles. The molecule has 0 unspecified atom stereocenters. The Kier molecular flexibility index (Phi) is 4.01. The van der Waals surface area contributed by atoms with Crippen LogP contribution in [0.3, 0.4) is 0 Å². The second-order valence-electron chi connectivity index (χ2n) is 1.75. The van der Waals surface area contributed by atoms with Crippen LogP contribution in [0.1, 0.15) is 0 Å². The maximum atomic E-state index is 10.1. The number of hydrogen-bond donors (Lipinski definition) is 1. The van der Waals surface area contributed by atoms with Crippen molar-refractivity contribution in [1.82, 2.24) is 0 Å². The van der Waals surface area contributed by atoms with Crippen LogP contribution in [0.4, 0.5) is 5.69 Å². The van der Waals surface area contributed by atoms with E-state index < -0.39 is 4.92 Å². The Hall–Kier alpha value is -0.658. The Labute approximate surface area is 83.2 Å². The van der Waals surface area contributed by atoms with E-state index in [1.165, 1.54) is 24.3 Å². The van der Waals surface area contributed by atoms with Gasteiger partial charge in [-0.1, -0.05) is 12.1 Å². The quantitative estimate of drug-likeness (QED) is 0.454. The number of nitro groups is 1. The molecular formula is C6H7NO3Pb. The van der Waals surface area contributed by atoms with Crippen molar-refractivity contribution in [3.05, 3.63) is 34.4 Å². The van der Waals surface area contributed by atoms with Crippen LogP contribution >= 0.6 is 0 Å². The Balaban J connectivity index is 0.000001000. The molecule has 0 fully saturated rings. The minimum atomic E-state index is -0.630. The summed E-state index contributed by atoms with van der Waals surface area (Å²) < 4.78 is 0. The number of nitro benzene ring substituents is 1. The van der Waals surface area contributed by atoms with E-state index in [2.05, 4.69) is 0 Å². The van der Waals surface area contributed by atoms with Gasteiger partial charge in [-0.15, -0.1) is 0 Å². The van der Waals surface area contributed by atoms with Gasteiger partial charge in [0.05, 0.1) is 4.92 Å². The zero-order valence-corrected chi connectivity index (χ0v) is 11.2. The van der Waals surface area contributed by atoms with Crippen molar-refractivity contribution in [1.29, 1.82) is 0 Å². The van der Waals surface area contributed by atoms with E-state index in [-0.39, 0.29) is 38.7 Å². The molecule has 4 nitrogen and oxygen atoms in total. The van der Waals surface area contributed by atoms with E-state index in [0.29, 0.717) is 0 Å². The molecule has 0 aliphatic heterocycles. The summed E-state index contributed by atoms with van der Waals surface area (Å²) in [6.07, 6.45) is 0. The fourth-order valence-corrected chi connectivity index (χ4v) is 0.619. The number of para-hydroxylation sites is 2. The van der Waals surface area contributed by atoms with Crippen LogP contribution in [0.25, 0.3) is 0 Å². The summed E-state index contributed by atoms with van der Waals surface area (Å²) in [4.78, 5) is 9.44. The zero-order valence-electron chi connectivity index (χ0n) is 5.73. The van der Waals surface area contributed by atoms with Crippen LogP contribution in [-0.4, -0.2) is 37.3 Å². The van der Waals surface area contributed by atoms with Gasteiger partial charge in [-0.25, -0.2) is 0 Å². The first-order valence-electron chi connectivity index (χ1n) is 2.64. The van der Waals surface area contributed by atoms with Crippen molar-refractivity contribution < 1.29 is 10.0 Å². The fraction of sp³-hybridized carbons (Fsp3) is 0. The van der Waals surface area contributed by atoms with Gasteiger partial charge in [0.1, 0.15) is 0 Å². The van der Waals surface area contributed by atoms with Gasteiger partial charge in [-0.05, 0) is 6.07 Å². The van der Waals surface area contributed by atoms with E-state index in [1.54, 1.807) is 0 Å². The van der Waals surface area contributed by atoms with Crippen molar-refractivity contribution in [2.45, 2.75) is 0 Å². The van der Waals surface area contributed by atoms with Gasteiger partial charge in [0, 0.05) is 6.07 Å². The molecule has 5 heteroatoms. The van der Waals surface area contributed by atoms with Crippen molar-refractivity contribution in [2.24, 2.45) is 0 Å². The van der Waals surface area contributed by atoms with Crippen LogP contribution in [-0.2, 0) is 0 Å². The number of benzene rings is 1. The van der Waals surface area contributed by atoms with Gasteiger partial charge in [-0.2, -0.15) is 0 Å². The Morgan fingerprint density at radius 1 is 1.36 bits per heavy atom. The first-order chi connectivity index (χ1) is 4.72. The maximum absolute atomic E-state index is 10.1. The normalized spacial score (nSPS) is 8.36. The zero-order chi connectivity index (χ0) is 7.56. The van der Waals surface area contributed by atoms with E-state index >= 15 is 0 Å². The van der Waals surface area contributed by atoms with Crippen molar-refractivity contribution >= 4 is 33.0 Å². The van der Waals surface area contributed by atoms with Crippen LogP contribution < -0.4 is 0 Å². The second kappa shape index (κ2) is 4.27. The average Bonchev–Trinajstić information content (AvgIpc) is 1.88. The van der Waals surface area contributed by atoms with Crippen molar-refractivity contribution in [3.63, 3.8) is 0 Å². The second-order valence-corrected chi connectivity index (χ2v) is 1.75.